The average molecular weight is 423 g/mol. The number of amides is 1. The molecule has 0 aliphatic carbocycles. The first-order valence-corrected chi connectivity index (χ1v) is 11.1. The molecule has 0 saturated carbocycles. The first kappa shape index (κ1) is 22.4. The Morgan fingerprint density at radius 1 is 1.18 bits per heavy atom. The van der Waals surface area contributed by atoms with Crippen LogP contribution in [-0.2, 0) is 16.3 Å². The summed E-state index contributed by atoms with van der Waals surface area (Å²) in [6.07, 6.45) is 2.15. The van der Waals surface area contributed by atoms with Crippen LogP contribution in [0.4, 0.5) is 0 Å². The number of halogens is 1. The van der Waals surface area contributed by atoms with Crippen molar-refractivity contribution in [3.63, 3.8) is 0 Å². The fourth-order valence-corrected chi connectivity index (χ4v) is 4.51. The van der Waals surface area contributed by atoms with Crippen LogP contribution in [0.1, 0.15) is 40.0 Å². The lowest BCUT2D eigenvalue weighted by molar-refractivity contribution is 0.0634. The van der Waals surface area contributed by atoms with E-state index in [0.717, 1.165) is 18.5 Å². The van der Waals surface area contributed by atoms with Crippen molar-refractivity contribution in [1.29, 1.82) is 0 Å². The van der Waals surface area contributed by atoms with Crippen LogP contribution in [0, 0.1) is 6.92 Å². The molecular formula is C21H27ClN2O3S. The van der Waals surface area contributed by atoms with Crippen LogP contribution in [-0.4, -0.2) is 45.1 Å². The lowest BCUT2D eigenvalue weighted by Crippen LogP contribution is -2.48. The van der Waals surface area contributed by atoms with Crippen molar-refractivity contribution in [2.24, 2.45) is 0 Å². The molecule has 0 bridgehead atoms. The van der Waals surface area contributed by atoms with Crippen molar-refractivity contribution >= 4 is 28.2 Å². The molecular weight excluding hydrogens is 396 g/mol. The number of benzene rings is 2. The predicted molar refractivity (Wildman–Crippen MR) is 114 cm³/mol. The van der Waals surface area contributed by atoms with E-state index in [1.165, 1.54) is 17.9 Å². The largest absolute Gasteiger partial charge is 0.329 e. The van der Waals surface area contributed by atoms with Gasteiger partial charge in [-0.25, -0.2) is 8.42 Å². The molecule has 0 spiro atoms. The molecule has 0 aromatic heterocycles. The van der Waals surface area contributed by atoms with Gasteiger partial charge in [0.05, 0.1) is 10.9 Å². The number of sulfone groups is 1. The Balaban J connectivity index is 0.00000280. The van der Waals surface area contributed by atoms with Gasteiger partial charge in [-0.2, -0.15) is 0 Å². The summed E-state index contributed by atoms with van der Waals surface area (Å²) >= 11 is 0. The van der Waals surface area contributed by atoms with Crippen molar-refractivity contribution in [3.8, 4) is 0 Å². The SMILES string of the molecule is CCc1ccc(C2CNCCN2C(=O)c2ccc(C)c(S(C)(=O)=O)c2)cc1.Cl. The molecule has 1 atom stereocenters. The lowest BCUT2D eigenvalue weighted by Gasteiger charge is -2.36. The number of nitrogens with zero attached hydrogens (tertiary/aromatic N) is 1. The summed E-state index contributed by atoms with van der Waals surface area (Å²) in [6, 6.07) is 13.2. The van der Waals surface area contributed by atoms with Crippen LogP contribution in [0.5, 0.6) is 0 Å². The van der Waals surface area contributed by atoms with Gasteiger partial charge >= 0.3 is 0 Å². The summed E-state index contributed by atoms with van der Waals surface area (Å²) in [4.78, 5) is 15.3. The normalized spacial score (nSPS) is 17.1. The Hall–Kier alpha value is -1.89. The van der Waals surface area contributed by atoms with Gasteiger partial charge in [0.2, 0.25) is 0 Å². The summed E-state index contributed by atoms with van der Waals surface area (Å²) in [5, 5.41) is 3.35. The first-order valence-electron chi connectivity index (χ1n) is 9.22. The van der Waals surface area contributed by atoms with E-state index < -0.39 is 9.84 Å². The smallest absolute Gasteiger partial charge is 0.254 e. The van der Waals surface area contributed by atoms with E-state index in [2.05, 4.69) is 36.5 Å². The highest BCUT2D eigenvalue weighted by atomic mass is 35.5. The zero-order valence-corrected chi connectivity index (χ0v) is 18.1. The first-order chi connectivity index (χ1) is 12.8. The second kappa shape index (κ2) is 9.07. The Morgan fingerprint density at radius 2 is 1.86 bits per heavy atom. The number of carbonyl (C=O) groups excluding carboxylic acids is 1. The number of hydrogen-bond donors (Lipinski definition) is 1. The topological polar surface area (TPSA) is 66.5 Å². The molecule has 3 rings (SSSR count). The van der Waals surface area contributed by atoms with E-state index in [0.29, 0.717) is 24.2 Å². The Bertz CT molecular complexity index is 943. The van der Waals surface area contributed by atoms with Crippen LogP contribution in [0.15, 0.2) is 47.4 Å². The fourth-order valence-electron chi connectivity index (χ4n) is 3.52. The number of nitrogens with one attached hydrogen (secondary N) is 1. The number of carbonyl (C=O) groups is 1. The van der Waals surface area contributed by atoms with E-state index in [-0.39, 0.29) is 29.3 Å². The van der Waals surface area contributed by atoms with Gasteiger partial charge in [0.1, 0.15) is 0 Å². The Morgan fingerprint density at radius 3 is 2.46 bits per heavy atom. The number of aryl methyl sites for hydroxylation is 2. The maximum Gasteiger partial charge on any atom is 0.254 e. The quantitative estimate of drug-likeness (QED) is 0.821. The minimum Gasteiger partial charge on any atom is -0.329 e. The molecule has 1 aliphatic rings. The molecule has 2 aromatic carbocycles. The molecule has 1 heterocycles. The second-order valence-electron chi connectivity index (χ2n) is 7.07. The Kier molecular flexibility index (Phi) is 7.26. The minimum atomic E-state index is -3.38. The third kappa shape index (κ3) is 4.74. The van der Waals surface area contributed by atoms with E-state index >= 15 is 0 Å². The van der Waals surface area contributed by atoms with Gasteiger partial charge in [-0.15, -0.1) is 12.4 Å². The second-order valence-corrected chi connectivity index (χ2v) is 9.05. The maximum absolute atomic E-state index is 13.2. The highest BCUT2D eigenvalue weighted by Gasteiger charge is 2.29. The van der Waals surface area contributed by atoms with E-state index in [4.69, 9.17) is 0 Å². The molecule has 1 fully saturated rings. The Labute approximate surface area is 173 Å². The fraction of sp³-hybridized carbons (Fsp3) is 0.381. The lowest BCUT2D eigenvalue weighted by atomic mass is 10.00. The van der Waals surface area contributed by atoms with Crippen LogP contribution in [0.25, 0.3) is 0 Å². The summed E-state index contributed by atoms with van der Waals surface area (Å²) in [7, 11) is -3.38. The van der Waals surface area contributed by atoms with Crippen LogP contribution in [0.2, 0.25) is 0 Å². The molecule has 1 saturated heterocycles. The molecule has 0 radical (unpaired) electrons. The van der Waals surface area contributed by atoms with E-state index in [1.807, 2.05) is 4.90 Å². The molecule has 1 aliphatic heterocycles. The summed E-state index contributed by atoms with van der Waals surface area (Å²) in [6.45, 7) is 5.85. The molecule has 5 nitrogen and oxygen atoms in total. The molecule has 2 aromatic rings. The van der Waals surface area contributed by atoms with Gasteiger partial charge in [0, 0.05) is 31.5 Å². The van der Waals surface area contributed by atoms with Crippen molar-refractivity contribution in [1.82, 2.24) is 10.2 Å². The standard InChI is InChI=1S/C21H26N2O3S.ClH/c1-4-16-6-9-17(10-7-16)19-14-22-11-12-23(19)21(24)18-8-5-15(2)20(13-18)27(3,25)26;/h5-10,13,19,22H,4,11-12,14H2,1-3H3;1H. The van der Waals surface area contributed by atoms with Crippen molar-refractivity contribution in [3.05, 3.63) is 64.7 Å². The minimum absolute atomic E-state index is 0. The van der Waals surface area contributed by atoms with Gasteiger partial charge in [-0.05, 0) is 42.2 Å². The van der Waals surface area contributed by atoms with Gasteiger partial charge in [-0.3, -0.25) is 4.79 Å². The molecule has 1 N–H and O–H groups in total. The molecule has 1 unspecified atom stereocenters. The van der Waals surface area contributed by atoms with Gasteiger partial charge in [0.15, 0.2) is 9.84 Å². The third-order valence-corrected chi connectivity index (χ3v) is 6.35. The third-order valence-electron chi connectivity index (χ3n) is 5.11. The molecule has 28 heavy (non-hydrogen) atoms. The van der Waals surface area contributed by atoms with E-state index in [9.17, 15) is 13.2 Å². The number of piperazine rings is 1. The van der Waals surface area contributed by atoms with Crippen LogP contribution >= 0.6 is 12.4 Å². The van der Waals surface area contributed by atoms with Crippen molar-refractivity contribution < 1.29 is 13.2 Å². The highest BCUT2D eigenvalue weighted by molar-refractivity contribution is 7.90. The van der Waals surface area contributed by atoms with Gasteiger partial charge in [0.25, 0.3) is 5.91 Å². The summed E-state index contributed by atoms with van der Waals surface area (Å²) in [5.74, 6) is -0.133. The number of hydrogen-bond acceptors (Lipinski definition) is 4. The predicted octanol–water partition coefficient (Wildman–Crippen LogP) is 3.17. The number of rotatable bonds is 4. The highest BCUT2D eigenvalue weighted by Crippen LogP contribution is 2.26. The zero-order chi connectivity index (χ0) is 19.6. The summed E-state index contributed by atoms with van der Waals surface area (Å²) < 4.78 is 24.0. The van der Waals surface area contributed by atoms with Gasteiger partial charge < -0.3 is 10.2 Å². The van der Waals surface area contributed by atoms with Crippen molar-refractivity contribution in [2.75, 3.05) is 25.9 Å². The summed E-state index contributed by atoms with van der Waals surface area (Å²) in [5.41, 5.74) is 3.42. The van der Waals surface area contributed by atoms with Crippen LogP contribution < -0.4 is 5.32 Å². The average Bonchev–Trinajstić information content (AvgIpc) is 2.67. The monoisotopic (exact) mass is 422 g/mol. The maximum atomic E-state index is 13.2. The van der Waals surface area contributed by atoms with Gasteiger partial charge in [-0.1, -0.05) is 37.3 Å². The van der Waals surface area contributed by atoms with Crippen molar-refractivity contribution in [2.45, 2.75) is 31.2 Å². The van der Waals surface area contributed by atoms with E-state index in [1.54, 1.807) is 19.1 Å². The van der Waals surface area contributed by atoms with Crippen LogP contribution in [0.3, 0.4) is 0 Å². The zero-order valence-electron chi connectivity index (χ0n) is 16.4. The molecule has 1 amide bonds. The molecule has 152 valence electrons. The molecule has 7 heteroatoms.